The first kappa shape index (κ1) is 25.9. The molecule has 1 aliphatic heterocycles. The molecule has 0 radical (unpaired) electrons. The monoisotopic (exact) mass is 545 g/mol. The number of nitrogens with one attached hydrogen (secondary N) is 1. The van der Waals surface area contributed by atoms with Crippen molar-refractivity contribution in [1.29, 1.82) is 0 Å². The lowest BCUT2D eigenvalue weighted by molar-refractivity contribution is -0.137. The lowest BCUT2D eigenvalue weighted by Gasteiger charge is -2.24. The Morgan fingerprint density at radius 1 is 1.14 bits per heavy atom. The van der Waals surface area contributed by atoms with E-state index in [1.165, 1.54) is 18.2 Å². The van der Waals surface area contributed by atoms with Gasteiger partial charge in [0.2, 0.25) is 5.91 Å². The van der Waals surface area contributed by atoms with Crippen LogP contribution >= 0.6 is 23.5 Å². The smallest absolute Gasteiger partial charge is 0.325 e. The minimum absolute atomic E-state index is 0.125. The van der Waals surface area contributed by atoms with Crippen molar-refractivity contribution in [3.63, 3.8) is 0 Å². The number of benzene rings is 2. The highest BCUT2D eigenvalue weighted by molar-refractivity contribution is 8.00. The second-order valence-corrected chi connectivity index (χ2v) is 11.6. The maximum Gasteiger partial charge on any atom is 0.418 e. The van der Waals surface area contributed by atoms with Gasteiger partial charge >= 0.3 is 6.18 Å². The Balaban J connectivity index is 1.48. The number of nitrogens with zero attached hydrogens (tertiary/aromatic N) is 2. The number of anilines is 1. The summed E-state index contributed by atoms with van der Waals surface area (Å²) >= 11 is 2.69. The first-order valence-electron chi connectivity index (χ1n) is 12.1. The molecule has 1 N–H and O–H groups in total. The molecule has 2 atom stereocenters. The Morgan fingerprint density at radius 2 is 1.89 bits per heavy atom. The Kier molecular flexibility index (Phi) is 7.15. The molecule has 2 heterocycles. The van der Waals surface area contributed by atoms with Crippen LogP contribution in [0.3, 0.4) is 0 Å². The fourth-order valence-electron chi connectivity index (χ4n) is 4.96. The van der Waals surface area contributed by atoms with Crippen LogP contribution in [0.2, 0.25) is 0 Å². The summed E-state index contributed by atoms with van der Waals surface area (Å²) in [6.45, 7) is 3.96. The van der Waals surface area contributed by atoms with E-state index in [-0.39, 0.29) is 22.9 Å². The number of alkyl halides is 3. The van der Waals surface area contributed by atoms with Gasteiger partial charge in [0.25, 0.3) is 5.56 Å². The third kappa shape index (κ3) is 5.18. The molecule has 5 rings (SSSR count). The molecular weight excluding hydrogens is 519 g/mol. The van der Waals surface area contributed by atoms with Crippen LogP contribution in [0.4, 0.5) is 18.9 Å². The molecule has 0 unspecified atom stereocenters. The second kappa shape index (κ2) is 10.2. The number of carbonyl (C=O) groups is 1. The number of para-hydroxylation sites is 1. The van der Waals surface area contributed by atoms with Crippen LogP contribution in [0.15, 0.2) is 57.4 Å². The number of amides is 1. The Labute approximate surface area is 221 Å². The minimum Gasteiger partial charge on any atom is -0.325 e. The van der Waals surface area contributed by atoms with Crippen molar-refractivity contribution in [3.8, 4) is 5.69 Å². The number of aryl methyl sites for hydroxylation is 2. The lowest BCUT2D eigenvalue weighted by Crippen LogP contribution is -2.29. The molecule has 5 nitrogen and oxygen atoms in total. The van der Waals surface area contributed by atoms with Crippen molar-refractivity contribution in [3.05, 3.63) is 75.1 Å². The van der Waals surface area contributed by atoms with Crippen molar-refractivity contribution < 1.29 is 18.0 Å². The highest BCUT2D eigenvalue weighted by atomic mass is 32.2. The molecule has 1 aliphatic carbocycles. The number of rotatable bonds is 5. The van der Waals surface area contributed by atoms with Crippen molar-refractivity contribution in [2.75, 3.05) is 11.1 Å². The molecule has 0 bridgehead atoms. The van der Waals surface area contributed by atoms with Crippen molar-refractivity contribution in [2.45, 2.75) is 67.1 Å². The highest BCUT2D eigenvalue weighted by Gasteiger charge is 2.39. The van der Waals surface area contributed by atoms with E-state index in [9.17, 15) is 22.8 Å². The minimum atomic E-state index is -4.59. The van der Waals surface area contributed by atoms with Gasteiger partial charge in [-0.25, -0.2) is 4.98 Å². The summed E-state index contributed by atoms with van der Waals surface area (Å²) in [6, 6.07) is 10.6. The average Bonchev–Trinajstić information content (AvgIpc) is 3.23. The van der Waals surface area contributed by atoms with Gasteiger partial charge in [0.15, 0.2) is 5.16 Å². The second-order valence-electron chi connectivity index (χ2n) is 9.45. The highest BCUT2D eigenvalue weighted by Crippen LogP contribution is 2.50. The van der Waals surface area contributed by atoms with Crippen LogP contribution in [0.5, 0.6) is 0 Å². The average molecular weight is 546 g/mol. The van der Waals surface area contributed by atoms with Gasteiger partial charge in [0, 0.05) is 11.2 Å². The van der Waals surface area contributed by atoms with Crippen LogP contribution in [-0.4, -0.2) is 26.5 Å². The van der Waals surface area contributed by atoms with Gasteiger partial charge in [-0.15, -0.1) is 11.8 Å². The van der Waals surface area contributed by atoms with Crippen LogP contribution in [0.1, 0.15) is 53.9 Å². The largest absolute Gasteiger partial charge is 0.418 e. The Morgan fingerprint density at radius 3 is 2.65 bits per heavy atom. The maximum absolute atomic E-state index is 13.9. The molecule has 1 amide bonds. The summed E-state index contributed by atoms with van der Waals surface area (Å²) in [5, 5.41) is 3.78. The molecule has 2 aliphatic rings. The van der Waals surface area contributed by atoms with Gasteiger partial charge in [0.05, 0.1) is 28.3 Å². The number of thioether (sulfide) groups is 2. The van der Waals surface area contributed by atoms with Gasteiger partial charge in [-0.2, -0.15) is 13.2 Å². The van der Waals surface area contributed by atoms with E-state index < -0.39 is 17.6 Å². The van der Waals surface area contributed by atoms with E-state index in [1.54, 1.807) is 16.3 Å². The predicted molar refractivity (Wildman–Crippen MR) is 141 cm³/mol. The quantitative estimate of drug-likeness (QED) is 0.219. The fourth-order valence-corrected chi connectivity index (χ4v) is 7.34. The maximum atomic E-state index is 13.9. The summed E-state index contributed by atoms with van der Waals surface area (Å²) in [5.41, 5.74) is 2.20. The molecule has 1 fully saturated rings. The molecule has 3 aromatic rings. The van der Waals surface area contributed by atoms with Crippen LogP contribution < -0.4 is 10.9 Å². The number of fused-ring (bicyclic) bond motifs is 3. The number of aromatic nitrogens is 2. The zero-order valence-corrected chi connectivity index (χ0v) is 22.0. The molecule has 1 aromatic heterocycles. The predicted octanol–water partition coefficient (Wildman–Crippen LogP) is 6.73. The molecule has 194 valence electrons. The van der Waals surface area contributed by atoms with Gasteiger partial charge in [-0.1, -0.05) is 42.8 Å². The van der Waals surface area contributed by atoms with Crippen molar-refractivity contribution in [2.24, 2.45) is 0 Å². The lowest BCUT2D eigenvalue weighted by atomic mass is 9.85. The SMILES string of the molecule is Cc1ccc(-n2c(SCC(=O)Nc3ccccc3C(F)(F)F)nc3c(c2=O)[C@@H]2CCCC[C@H]2S3)cc1C. The normalized spacial score (nSPS) is 18.8. The Hall–Kier alpha value is -2.72. The van der Waals surface area contributed by atoms with E-state index in [0.29, 0.717) is 21.1 Å². The third-order valence-electron chi connectivity index (χ3n) is 6.98. The molecule has 2 aromatic carbocycles. The van der Waals surface area contributed by atoms with Crippen LogP contribution in [0.25, 0.3) is 5.69 Å². The van der Waals surface area contributed by atoms with E-state index in [0.717, 1.165) is 60.2 Å². The first-order valence-corrected chi connectivity index (χ1v) is 14.0. The molecule has 0 spiro atoms. The summed E-state index contributed by atoms with van der Waals surface area (Å²) in [5.74, 6) is -0.628. The van der Waals surface area contributed by atoms with E-state index in [4.69, 9.17) is 4.98 Å². The standard InChI is InChI=1S/C27H26F3N3O2S2/c1-15-11-12-17(13-16(15)2)33-25(35)23-18-7-3-6-10-21(18)37-24(23)32-26(33)36-14-22(34)31-20-9-5-4-8-19(20)27(28,29)30/h4-5,8-9,11-13,18,21H,3,6-7,10,14H2,1-2H3,(H,31,34)/t18-,21-/m1/s1. The van der Waals surface area contributed by atoms with Gasteiger partial charge in [-0.3, -0.25) is 14.2 Å². The zero-order valence-electron chi connectivity index (χ0n) is 20.4. The number of hydrogen-bond acceptors (Lipinski definition) is 5. The molecule has 37 heavy (non-hydrogen) atoms. The van der Waals surface area contributed by atoms with Gasteiger partial charge in [0.1, 0.15) is 5.03 Å². The van der Waals surface area contributed by atoms with Gasteiger partial charge in [-0.05, 0) is 62.1 Å². The van der Waals surface area contributed by atoms with Crippen molar-refractivity contribution in [1.82, 2.24) is 9.55 Å². The summed E-state index contributed by atoms with van der Waals surface area (Å²) in [7, 11) is 0. The van der Waals surface area contributed by atoms with E-state index >= 15 is 0 Å². The van der Waals surface area contributed by atoms with Crippen molar-refractivity contribution >= 4 is 35.1 Å². The number of carbonyl (C=O) groups excluding carboxylic acids is 1. The van der Waals surface area contributed by atoms with E-state index in [1.807, 2.05) is 32.0 Å². The summed E-state index contributed by atoms with van der Waals surface area (Å²) in [6.07, 6.45) is -0.369. The first-order chi connectivity index (χ1) is 17.6. The van der Waals surface area contributed by atoms with Crippen LogP contribution in [-0.2, 0) is 11.0 Å². The van der Waals surface area contributed by atoms with Crippen LogP contribution in [0, 0.1) is 13.8 Å². The number of halogens is 3. The summed E-state index contributed by atoms with van der Waals surface area (Å²) < 4.78 is 41.6. The third-order valence-corrected chi connectivity index (χ3v) is 9.32. The molecule has 0 saturated heterocycles. The molecular formula is C27H26F3N3O2S2. The molecule has 1 saturated carbocycles. The fraction of sp³-hybridized carbons (Fsp3) is 0.370. The molecule has 10 heteroatoms. The zero-order chi connectivity index (χ0) is 26.3. The summed E-state index contributed by atoms with van der Waals surface area (Å²) in [4.78, 5) is 31.4. The number of hydrogen-bond donors (Lipinski definition) is 1. The Bertz CT molecular complexity index is 1420. The van der Waals surface area contributed by atoms with E-state index in [2.05, 4.69) is 5.32 Å². The van der Waals surface area contributed by atoms with Gasteiger partial charge < -0.3 is 5.32 Å². The topological polar surface area (TPSA) is 64.0 Å².